The molecule has 0 unspecified atom stereocenters. The van der Waals surface area contributed by atoms with E-state index in [9.17, 15) is 9.59 Å². The summed E-state index contributed by atoms with van der Waals surface area (Å²) in [5.74, 6) is -0.527. The molecule has 6 nitrogen and oxygen atoms in total. The highest BCUT2D eigenvalue weighted by molar-refractivity contribution is 5.86. The topological polar surface area (TPSA) is 81.7 Å². The number of hydroxylamine groups is 1. The van der Waals surface area contributed by atoms with E-state index in [1.54, 1.807) is 5.48 Å². The van der Waals surface area contributed by atoms with Crippen LogP contribution in [0, 0.1) is 0 Å². The van der Waals surface area contributed by atoms with Crippen molar-refractivity contribution in [3.8, 4) is 0 Å². The van der Waals surface area contributed by atoms with Crippen LogP contribution in [0.5, 0.6) is 0 Å². The van der Waals surface area contributed by atoms with E-state index in [0.717, 1.165) is 18.4 Å². The van der Waals surface area contributed by atoms with Gasteiger partial charge in [0.25, 0.3) is 5.91 Å². The Morgan fingerprint density at radius 1 is 1.30 bits per heavy atom. The Morgan fingerprint density at radius 3 is 2.75 bits per heavy atom. The molecular weight excluding hydrogens is 258 g/mol. The normalized spacial score (nSPS) is 17.9. The summed E-state index contributed by atoms with van der Waals surface area (Å²) in [6, 6.07) is 9.04. The van der Waals surface area contributed by atoms with E-state index in [0.29, 0.717) is 19.5 Å². The predicted octanol–water partition coefficient (Wildman–Crippen LogP) is 0.909. The summed E-state index contributed by atoms with van der Waals surface area (Å²) < 4.78 is 0. The number of nitrogens with zero attached hydrogens (tertiary/aromatic N) is 1. The number of likely N-dealkylation sites (tertiary alicyclic amines) is 1. The lowest BCUT2D eigenvalue weighted by molar-refractivity contribution is -0.133. The molecule has 108 valence electrons. The van der Waals surface area contributed by atoms with E-state index in [1.165, 1.54) is 4.90 Å². The molecule has 6 heteroatoms. The van der Waals surface area contributed by atoms with Crippen molar-refractivity contribution in [2.24, 2.45) is 0 Å². The van der Waals surface area contributed by atoms with Gasteiger partial charge in [0.05, 0.1) is 0 Å². The van der Waals surface area contributed by atoms with Gasteiger partial charge in [0.1, 0.15) is 6.04 Å². The molecule has 0 aliphatic carbocycles. The Bertz CT molecular complexity index is 464. The summed E-state index contributed by atoms with van der Waals surface area (Å²) in [6.45, 7) is 1.06. The maximum Gasteiger partial charge on any atom is 0.318 e. The molecule has 2 rings (SSSR count). The summed E-state index contributed by atoms with van der Waals surface area (Å²) in [5, 5.41) is 11.5. The molecule has 0 aromatic heterocycles. The number of rotatable bonds is 4. The lowest BCUT2D eigenvalue weighted by Crippen LogP contribution is -2.49. The number of urea groups is 1. The average Bonchev–Trinajstić information content (AvgIpc) is 2.97. The lowest BCUT2D eigenvalue weighted by atomic mass is 10.1. The van der Waals surface area contributed by atoms with Gasteiger partial charge in [-0.15, -0.1) is 0 Å². The molecule has 1 saturated heterocycles. The van der Waals surface area contributed by atoms with Gasteiger partial charge in [-0.1, -0.05) is 30.3 Å². The molecule has 1 fully saturated rings. The Morgan fingerprint density at radius 2 is 2.05 bits per heavy atom. The fraction of sp³-hybridized carbons (Fsp3) is 0.429. The molecule has 0 spiro atoms. The fourth-order valence-electron chi connectivity index (χ4n) is 2.42. The molecule has 1 aromatic carbocycles. The lowest BCUT2D eigenvalue weighted by Gasteiger charge is -2.23. The summed E-state index contributed by atoms with van der Waals surface area (Å²) >= 11 is 0. The van der Waals surface area contributed by atoms with Crippen LogP contribution < -0.4 is 10.8 Å². The molecule has 20 heavy (non-hydrogen) atoms. The zero-order chi connectivity index (χ0) is 14.4. The number of benzene rings is 1. The van der Waals surface area contributed by atoms with E-state index < -0.39 is 11.9 Å². The molecule has 1 atom stereocenters. The van der Waals surface area contributed by atoms with Crippen LogP contribution in [0.1, 0.15) is 18.4 Å². The molecule has 3 amide bonds. The Labute approximate surface area is 117 Å². The van der Waals surface area contributed by atoms with Crippen molar-refractivity contribution in [1.82, 2.24) is 15.7 Å². The number of carbonyl (C=O) groups excluding carboxylic acids is 2. The molecule has 1 aliphatic rings. The zero-order valence-electron chi connectivity index (χ0n) is 11.2. The van der Waals surface area contributed by atoms with Crippen molar-refractivity contribution < 1.29 is 14.8 Å². The molecule has 1 heterocycles. The minimum absolute atomic E-state index is 0.257. The van der Waals surface area contributed by atoms with Crippen molar-refractivity contribution in [1.29, 1.82) is 0 Å². The van der Waals surface area contributed by atoms with Crippen LogP contribution in [-0.4, -0.2) is 41.2 Å². The van der Waals surface area contributed by atoms with Crippen molar-refractivity contribution in [3.05, 3.63) is 35.9 Å². The van der Waals surface area contributed by atoms with Gasteiger partial charge in [0.2, 0.25) is 0 Å². The highest BCUT2D eigenvalue weighted by atomic mass is 16.5. The summed E-state index contributed by atoms with van der Waals surface area (Å²) in [6.07, 6.45) is 2.10. The Balaban J connectivity index is 1.81. The number of hydrogen-bond donors (Lipinski definition) is 3. The predicted molar refractivity (Wildman–Crippen MR) is 73.2 cm³/mol. The molecule has 1 aliphatic heterocycles. The Hall–Kier alpha value is -2.08. The molecule has 0 saturated carbocycles. The molecular formula is C14H19N3O3. The summed E-state index contributed by atoms with van der Waals surface area (Å²) in [4.78, 5) is 24.9. The number of carbonyl (C=O) groups is 2. The minimum Gasteiger partial charge on any atom is -0.338 e. The van der Waals surface area contributed by atoms with Gasteiger partial charge < -0.3 is 10.2 Å². The van der Waals surface area contributed by atoms with Crippen LogP contribution >= 0.6 is 0 Å². The van der Waals surface area contributed by atoms with Crippen LogP contribution in [0.25, 0.3) is 0 Å². The van der Waals surface area contributed by atoms with Crippen molar-refractivity contribution in [3.63, 3.8) is 0 Å². The first-order valence-corrected chi connectivity index (χ1v) is 6.74. The number of hydrogen-bond acceptors (Lipinski definition) is 3. The zero-order valence-corrected chi connectivity index (χ0v) is 11.2. The number of nitrogens with one attached hydrogen (secondary N) is 2. The first-order valence-electron chi connectivity index (χ1n) is 6.74. The largest absolute Gasteiger partial charge is 0.338 e. The van der Waals surface area contributed by atoms with E-state index in [4.69, 9.17) is 5.21 Å². The van der Waals surface area contributed by atoms with Gasteiger partial charge >= 0.3 is 6.03 Å². The number of amides is 3. The van der Waals surface area contributed by atoms with Crippen LogP contribution in [0.3, 0.4) is 0 Å². The quantitative estimate of drug-likeness (QED) is 0.565. The fourth-order valence-corrected chi connectivity index (χ4v) is 2.42. The third-order valence-corrected chi connectivity index (χ3v) is 3.46. The van der Waals surface area contributed by atoms with Crippen LogP contribution in [0.2, 0.25) is 0 Å². The summed E-state index contributed by atoms with van der Waals surface area (Å²) in [7, 11) is 0. The highest BCUT2D eigenvalue weighted by Crippen LogP contribution is 2.17. The second-order valence-corrected chi connectivity index (χ2v) is 4.80. The van der Waals surface area contributed by atoms with E-state index in [1.807, 2.05) is 30.3 Å². The van der Waals surface area contributed by atoms with Gasteiger partial charge in [-0.25, -0.2) is 10.3 Å². The van der Waals surface area contributed by atoms with Crippen LogP contribution in [0.4, 0.5) is 4.79 Å². The standard InChI is InChI=1S/C14H19N3O3/c18-13(16-20)12-7-4-10-17(12)14(19)15-9-8-11-5-2-1-3-6-11/h1-3,5-6,12,20H,4,7-10H2,(H,15,19)(H,16,18)/t12-/m1/s1. The average molecular weight is 277 g/mol. The van der Waals surface area contributed by atoms with E-state index >= 15 is 0 Å². The van der Waals surface area contributed by atoms with Gasteiger partial charge in [-0.3, -0.25) is 10.0 Å². The maximum absolute atomic E-state index is 12.0. The van der Waals surface area contributed by atoms with Crippen LogP contribution in [0.15, 0.2) is 30.3 Å². The monoisotopic (exact) mass is 277 g/mol. The second-order valence-electron chi connectivity index (χ2n) is 4.80. The van der Waals surface area contributed by atoms with Gasteiger partial charge in [-0.05, 0) is 24.8 Å². The van der Waals surface area contributed by atoms with Crippen molar-refractivity contribution >= 4 is 11.9 Å². The third-order valence-electron chi connectivity index (χ3n) is 3.46. The second kappa shape index (κ2) is 6.91. The van der Waals surface area contributed by atoms with E-state index in [2.05, 4.69) is 5.32 Å². The molecule has 3 N–H and O–H groups in total. The summed E-state index contributed by atoms with van der Waals surface area (Å²) in [5.41, 5.74) is 2.76. The van der Waals surface area contributed by atoms with Gasteiger partial charge in [0.15, 0.2) is 0 Å². The molecule has 0 bridgehead atoms. The maximum atomic E-state index is 12.0. The van der Waals surface area contributed by atoms with Crippen molar-refractivity contribution in [2.45, 2.75) is 25.3 Å². The third kappa shape index (κ3) is 3.48. The first-order chi connectivity index (χ1) is 9.72. The highest BCUT2D eigenvalue weighted by Gasteiger charge is 2.33. The smallest absolute Gasteiger partial charge is 0.318 e. The molecule has 1 aromatic rings. The van der Waals surface area contributed by atoms with Crippen LogP contribution in [-0.2, 0) is 11.2 Å². The Kier molecular flexibility index (Phi) is 4.95. The minimum atomic E-state index is -0.572. The SMILES string of the molecule is O=C(NO)[C@H]1CCCN1C(=O)NCCc1ccccc1. The van der Waals surface area contributed by atoms with Gasteiger partial charge in [-0.2, -0.15) is 0 Å². The van der Waals surface area contributed by atoms with Gasteiger partial charge in [0, 0.05) is 13.1 Å². The van der Waals surface area contributed by atoms with E-state index in [-0.39, 0.29) is 6.03 Å². The molecule has 0 radical (unpaired) electrons. The van der Waals surface area contributed by atoms with Crippen molar-refractivity contribution in [2.75, 3.05) is 13.1 Å². The first kappa shape index (κ1) is 14.3.